The summed E-state index contributed by atoms with van der Waals surface area (Å²) in [4.78, 5) is 12.6. The van der Waals surface area contributed by atoms with Gasteiger partial charge in [-0.25, -0.2) is 0 Å². The lowest BCUT2D eigenvalue weighted by atomic mass is 10.3. The fourth-order valence-corrected chi connectivity index (χ4v) is 2.13. The van der Waals surface area contributed by atoms with E-state index in [0.717, 1.165) is 22.4 Å². The van der Waals surface area contributed by atoms with Crippen LogP contribution in [0.25, 0.3) is 0 Å². The van der Waals surface area contributed by atoms with E-state index >= 15 is 0 Å². The van der Waals surface area contributed by atoms with Gasteiger partial charge < -0.3 is 5.11 Å². The van der Waals surface area contributed by atoms with Crippen LogP contribution < -0.4 is 0 Å². The van der Waals surface area contributed by atoms with Crippen molar-refractivity contribution in [2.75, 3.05) is 13.1 Å². The number of rotatable bonds is 6. The molecular weight excluding hydrogens is 286 g/mol. The quantitative estimate of drug-likeness (QED) is 0.870. The lowest BCUT2D eigenvalue weighted by Gasteiger charge is -2.19. The highest BCUT2D eigenvalue weighted by Gasteiger charge is 2.14. The second kappa shape index (κ2) is 6.16. The summed E-state index contributed by atoms with van der Waals surface area (Å²) in [5.41, 5.74) is 2.03. The van der Waals surface area contributed by atoms with Crippen molar-refractivity contribution in [3.8, 4) is 0 Å². The van der Waals surface area contributed by atoms with E-state index < -0.39 is 5.97 Å². The Kier molecular flexibility index (Phi) is 5.14. The minimum Gasteiger partial charge on any atom is -0.481 e. The Hall–Kier alpha value is -0.880. The van der Waals surface area contributed by atoms with Gasteiger partial charge in [0.1, 0.15) is 0 Å². The predicted octanol–water partition coefficient (Wildman–Crippen LogP) is 1.79. The Labute approximate surface area is 110 Å². The van der Waals surface area contributed by atoms with Crippen LogP contribution in [0.1, 0.15) is 24.7 Å². The van der Waals surface area contributed by atoms with Crippen LogP contribution in [0.4, 0.5) is 0 Å². The van der Waals surface area contributed by atoms with Crippen LogP contribution in [-0.2, 0) is 18.4 Å². The molecular formula is C11H18BrN3O2. The fraction of sp³-hybridized carbons (Fsp3) is 0.636. The molecule has 1 N–H and O–H groups in total. The number of aromatic nitrogens is 2. The molecule has 0 fully saturated rings. The molecule has 0 unspecified atom stereocenters. The maximum absolute atomic E-state index is 10.6. The van der Waals surface area contributed by atoms with E-state index in [1.807, 2.05) is 25.6 Å². The summed E-state index contributed by atoms with van der Waals surface area (Å²) in [7, 11) is 1.90. The average molecular weight is 304 g/mol. The van der Waals surface area contributed by atoms with E-state index in [4.69, 9.17) is 5.11 Å². The van der Waals surface area contributed by atoms with Crippen molar-refractivity contribution in [2.45, 2.75) is 26.8 Å². The normalized spacial score (nSPS) is 11.1. The first-order chi connectivity index (χ1) is 7.95. The maximum Gasteiger partial charge on any atom is 0.304 e. The number of carboxylic acid groups (broad SMARTS) is 1. The van der Waals surface area contributed by atoms with E-state index in [0.29, 0.717) is 13.1 Å². The summed E-state index contributed by atoms with van der Waals surface area (Å²) in [5, 5.41) is 13.0. The highest BCUT2D eigenvalue weighted by Crippen LogP contribution is 2.21. The zero-order chi connectivity index (χ0) is 13.0. The highest BCUT2D eigenvalue weighted by atomic mass is 79.9. The molecule has 0 amide bonds. The summed E-state index contributed by atoms with van der Waals surface area (Å²) in [6, 6.07) is 0. The van der Waals surface area contributed by atoms with Crippen LogP contribution in [0.5, 0.6) is 0 Å². The van der Waals surface area contributed by atoms with E-state index in [1.54, 1.807) is 0 Å². The molecule has 0 radical (unpaired) electrons. The fourth-order valence-electron chi connectivity index (χ4n) is 1.67. The molecule has 0 aliphatic heterocycles. The molecule has 0 saturated carbocycles. The minimum atomic E-state index is -0.760. The number of aryl methyl sites for hydroxylation is 2. The van der Waals surface area contributed by atoms with E-state index in [9.17, 15) is 4.79 Å². The number of hydrogen-bond donors (Lipinski definition) is 1. The molecule has 6 heteroatoms. The topological polar surface area (TPSA) is 58.4 Å². The number of aliphatic carboxylic acids is 1. The molecule has 1 rings (SSSR count). The molecule has 0 atom stereocenters. The van der Waals surface area contributed by atoms with E-state index in [-0.39, 0.29) is 6.42 Å². The summed E-state index contributed by atoms with van der Waals surface area (Å²) in [5.74, 6) is -0.760. The van der Waals surface area contributed by atoms with Gasteiger partial charge in [0.25, 0.3) is 0 Å². The summed E-state index contributed by atoms with van der Waals surface area (Å²) in [6.45, 7) is 6.06. The summed E-state index contributed by atoms with van der Waals surface area (Å²) >= 11 is 3.51. The van der Waals surface area contributed by atoms with E-state index in [2.05, 4.69) is 25.9 Å². The van der Waals surface area contributed by atoms with Crippen LogP contribution in [0.15, 0.2) is 4.47 Å². The molecule has 5 nitrogen and oxygen atoms in total. The molecule has 0 bridgehead atoms. The minimum absolute atomic E-state index is 0.169. The molecule has 0 spiro atoms. The van der Waals surface area contributed by atoms with Crippen molar-refractivity contribution in [1.29, 1.82) is 0 Å². The molecule has 0 aliphatic carbocycles. The second-order valence-corrected chi connectivity index (χ2v) is 4.78. The smallest absolute Gasteiger partial charge is 0.304 e. The van der Waals surface area contributed by atoms with Crippen molar-refractivity contribution in [3.05, 3.63) is 15.9 Å². The standard InChI is InChI=1S/C11H18BrN3O2/c1-4-15(6-5-10(16)17)7-9-11(12)8(2)13-14(9)3/h4-7H2,1-3H3,(H,16,17). The van der Waals surface area contributed by atoms with Gasteiger partial charge in [-0.05, 0) is 29.4 Å². The van der Waals surface area contributed by atoms with Crippen LogP contribution in [0.2, 0.25) is 0 Å². The van der Waals surface area contributed by atoms with Gasteiger partial charge in [0.15, 0.2) is 0 Å². The maximum atomic E-state index is 10.6. The Bertz CT molecular complexity index is 404. The van der Waals surface area contributed by atoms with E-state index in [1.165, 1.54) is 0 Å². The largest absolute Gasteiger partial charge is 0.481 e. The second-order valence-electron chi connectivity index (χ2n) is 3.98. The lowest BCUT2D eigenvalue weighted by molar-refractivity contribution is -0.137. The van der Waals surface area contributed by atoms with Crippen molar-refractivity contribution < 1.29 is 9.90 Å². The number of carbonyl (C=O) groups is 1. The lowest BCUT2D eigenvalue weighted by Crippen LogP contribution is -2.27. The Morgan fingerprint density at radius 3 is 2.65 bits per heavy atom. The van der Waals surface area contributed by atoms with Gasteiger partial charge in [-0.15, -0.1) is 0 Å². The molecule has 1 aromatic heterocycles. The third-order valence-electron chi connectivity index (χ3n) is 2.72. The van der Waals surface area contributed by atoms with Crippen molar-refractivity contribution in [1.82, 2.24) is 14.7 Å². The van der Waals surface area contributed by atoms with Gasteiger partial charge in [-0.1, -0.05) is 6.92 Å². The molecule has 1 heterocycles. The number of nitrogens with zero attached hydrogens (tertiary/aromatic N) is 3. The molecule has 17 heavy (non-hydrogen) atoms. The highest BCUT2D eigenvalue weighted by molar-refractivity contribution is 9.10. The molecule has 0 aliphatic rings. The zero-order valence-electron chi connectivity index (χ0n) is 10.4. The SMILES string of the molecule is CCN(CCC(=O)O)Cc1c(Br)c(C)nn1C. The van der Waals surface area contributed by atoms with Gasteiger partial charge >= 0.3 is 5.97 Å². The predicted molar refractivity (Wildman–Crippen MR) is 68.8 cm³/mol. The Morgan fingerprint density at radius 1 is 1.59 bits per heavy atom. The van der Waals surface area contributed by atoms with Gasteiger partial charge in [-0.2, -0.15) is 5.10 Å². The van der Waals surface area contributed by atoms with Crippen molar-refractivity contribution >= 4 is 21.9 Å². The van der Waals surface area contributed by atoms with Crippen LogP contribution in [-0.4, -0.2) is 38.8 Å². The third-order valence-corrected chi connectivity index (χ3v) is 3.76. The molecule has 0 saturated heterocycles. The van der Waals surface area contributed by atoms with Gasteiger partial charge in [0, 0.05) is 20.1 Å². The average Bonchev–Trinajstić information content (AvgIpc) is 2.49. The van der Waals surface area contributed by atoms with Crippen LogP contribution >= 0.6 is 15.9 Å². The monoisotopic (exact) mass is 303 g/mol. The van der Waals surface area contributed by atoms with Crippen LogP contribution in [0, 0.1) is 6.92 Å². The van der Waals surface area contributed by atoms with Crippen LogP contribution in [0.3, 0.4) is 0 Å². The Morgan fingerprint density at radius 2 is 2.24 bits per heavy atom. The molecule has 96 valence electrons. The first-order valence-electron chi connectivity index (χ1n) is 5.57. The first kappa shape index (κ1) is 14.2. The number of carboxylic acids is 1. The van der Waals surface area contributed by atoms with Gasteiger partial charge in [-0.3, -0.25) is 14.4 Å². The zero-order valence-corrected chi connectivity index (χ0v) is 12.0. The van der Waals surface area contributed by atoms with Gasteiger partial charge in [0.2, 0.25) is 0 Å². The van der Waals surface area contributed by atoms with Crippen molar-refractivity contribution in [2.24, 2.45) is 7.05 Å². The van der Waals surface area contributed by atoms with Crippen molar-refractivity contribution in [3.63, 3.8) is 0 Å². The third kappa shape index (κ3) is 3.81. The number of hydrogen-bond acceptors (Lipinski definition) is 3. The number of halogens is 1. The van der Waals surface area contributed by atoms with Gasteiger partial charge in [0.05, 0.1) is 22.3 Å². The Balaban J connectivity index is 2.70. The molecule has 0 aromatic carbocycles. The molecule has 1 aromatic rings. The summed E-state index contributed by atoms with van der Waals surface area (Å²) in [6.07, 6.45) is 0.169. The first-order valence-corrected chi connectivity index (χ1v) is 6.37. The summed E-state index contributed by atoms with van der Waals surface area (Å²) < 4.78 is 2.84.